The molecule has 2 aliphatic heterocycles. The van der Waals surface area contributed by atoms with E-state index in [1.807, 2.05) is 0 Å². The van der Waals surface area contributed by atoms with Crippen LogP contribution in [-0.2, 0) is 11.3 Å². The molecule has 1 atom stereocenters. The smallest absolute Gasteiger partial charge is 0.0480 e. The summed E-state index contributed by atoms with van der Waals surface area (Å²) in [6, 6.07) is 7.90. The molecular weight excluding hydrogens is 454 g/mol. The predicted molar refractivity (Wildman–Crippen MR) is 153 cm³/mol. The van der Waals surface area contributed by atoms with Gasteiger partial charge in [0, 0.05) is 63.2 Å². The van der Waals surface area contributed by atoms with E-state index < -0.39 is 0 Å². The van der Waals surface area contributed by atoms with Gasteiger partial charge >= 0.3 is 0 Å². The molecule has 3 aliphatic rings. The number of anilines is 1. The molecule has 5 heteroatoms. The van der Waals surface area contributed by atoms with Gasteiger partial charge in [-0.05, 0) is 73.6 Å². The zero-order chi connectivity index (χ0) is 24.0. The number of hydrogen-bond donors (Lipinski definition) is 1. The van der Waals surface area contributed by atoms with Crippen LogP contribution >= 0.6 is 12.4 Å². The number of rotatable bonds is 8. The van der Waals surface area contributed by atoms with Crippen LogP contribution in [0.2, 0.25) is 0 Å². The van der Waals surface area contributed by atoms with Crippen molar-refractivity contribution in [2.24, 2.45) is 11.3 Å². The van der Waals surface area contributed by atoms with E-state index in [9.17, 15) is 0 Å². The number of allylic oxidation sites excluding steroid dienone is 2. The molecule has 1 N–H and O–H groups in total. The van der Waals surface area contributed by atoms with Gasteiger partial charge in [0.1, 0.15) is 0 Å². The Morgan fingerprint density at radius 1 is 1.03 bits per heavy atom. The summed E-state index contributed by atoms with van der Waals surface area (Å²) in [5, 5.41) is 3.80. The predicted octanol–water partition coefficient (Wildman–Crippen LogP) is 6.53. The SMILES string of the molecule is CCCCN1CCN(c2cc(CNC3CCOCC3)ccc2C2=CCC(C(C)(C)C)CC2)CC1.Cl. The summed E-state index contributed by atoms with van der Waals surface area (Å²) >= 11 is 0. The highest BCUT2D eigenvalue weighted by atomic mass is 35.5. The lowest BCUT2D eigenvalue weighted by atomic mass is 9.72. The van der Waals surface area contributed by atoms with E-state index in [0.717, 1.165) is 51.6 Å². The zero-order valence-electron chi connectivity index (χ0n) is 22.8. The van der Waals surface area contributed by atoms with Crippen LogP contribution in [0.15, 0.2) is 24.3 Å². The Kier molecular flexibility index (Phi) is 11.0. The van der Waals surface area contributed by atoms with Crippen molar-refractivity contribution in [1.82, 2.24) is 10.2 Å². The minimum absolute atomic E-state index is 0. The Labute approximate surface area is 221 Å². The second-order valence-corrected chi connectivity index (χ2v) is 11.9. The van der Waals surface area contributed by atoms with Crippen LogP contribution in [-0.4, -0.2) is 56.9 Å². The molecule has 4 rings (SSSR count). The third-order valence-corrected chi connectivity index (χ3v) is 8.40. The Morgan fingerprint density at radius 2 is 1.77 bits per heavy atom. The number of unbranched alkanes of at least 4 members (excludes halogenated alkanes) is 1. The van der Waals surface area contributed by atoms with Crippen LogP contribution in [0.1, 0.15) is 83.8 Å². The molecule has 2 saturated heterocycles. The average molecular weight is 504 g/mol. The summed E-state index contributed by atoms with van der Waals surface area (Å²) in [6.45, 7) is 18.2. The van der Waals surface area contributed by atoms with Gasteiger partial charge in [0.05, 0.1) is 0 Å². The second-order valence-electron chi connectivity index (χ2n) is 11.9. The topological polar surface area (TPSA) is 27.7 Å². The minimum Gasteiger partial charge on any atom is -0.381 e. The molecule has 198 valence electrons. The van der Waals surface area contributed by atoms with E-state index in [1.165, 1.54) is 68.6 Å². The maximum atomic E-state index is 5.54. The number of nitrogens with zero attached hydrogens (tertiary/aromatic N) is 2. The van der Waals surface area contributed by atoms with Crippen molar-refractivity contribution < 1.29 is 4.74 Å². The number of ether oxygens (including phenoxy) is 1. The molecule has 0 saturated carbocycles. The summed E-state index contributed by atoms with van der Waals surface area (Å²) in [4.78, 5) is 5.33. The van der Waals surface area contributed by atoms with Crippen LogP contribution in [0.5, 0.6) is 0 Å². The molecule has 1 unspecified atom stereocenters. The first-order valence-electron chi connectivity index (χ1n) is 14.0. The molecule has 0 aromatic heterocycles. The number of halogens is 1. The molecule has 2 heterocycles. The van der Waals surface area contributed by atoms with Gasteiger partial charge in [-0.15, -0.1) is 12.4 Å². The molecule has 1 aromatic carbocycles. The van der Waals surface area contributed by atoms with Crippen LogP contribution in [0, 0.1) is 11.3 Å². The zero-order valence-corrected chi connectivity index (χ0v) is 23.6. The van der Waals surface area contributed by atoms with Crippen molar-refractivity contribution in [1.29, 1.82) is 0 Å². The molecule has 0 radical (unpaired) electrons. The monoisotopic (exact) mass is 503 g/mol. The summed E-state index contributed by atoms with van der Waals surface area (Å²) in [7, 11) is 0. The van der Waals surface area contributed by atoms with Gasteiger partial charge in [0.2, 0.25) is 0 Å². The number of nitrogens with one attached hydrogen (secondary N) is 1. The summed E-state index contributed by atoms with van der Waals surface area (Å²) in [6.07, 6.45) is 11.2. The van der Waals surface area contributed by atoms with Crippen molar-refractivity contribution in [2.75, 3.05) is 50.8 Å². The van der Waals surface area contributed by atoms with Gasteiger partial charge in [-0.2, -0.15) is 0 Å². The molecule has 0 spiro atoms. The van der Waals surface area contributed by atoms with E-state index >= 15 is 0 Å². The third-order valence-electron chi connectivity index (χ3n) is 8.40. The molecule has 1 aromatic rings. The number of benzene rings is 1. The van der Waals surface area contributed by atoms with Crippen LogP contribution < -0.4 is 10.2 Å². The standard InChI is InChI=1S/C30H49N3O.ClH/c1-5-6-15-32-16-18-33(19-17-32)29-22-24(23-31-27-13-20-34-21-14-27)7-12-28(29)25-8-10-26(11-9-25)30(2,3)4;/h7-8,12,22,26-27,31H,5-6,9-11,13-21,23H2,1-4H3;1H. The maximum Gasteiger partial charge on any atom is 0.0480 e. The lowest BCUT2D eigenvalue weighted by Gasteiger charge is -2.38. The van der Waals surface area contributed by atoms with Crippen molar-refractivity contribution in [3.8, 4) is 0 Å². The van der Waals surface area contributed by atoms with Gasteiger partial charge in [-0.1, -0.05) is 52.3 Å². The fraction of sp³-hybridized carbons (Fsp3) is 0.733. The Hall–Kier alpha value is -1.07. The normalized spacial score (nSPS) is 22.6. The van der Waals surface area contributed by atoms with Crippen LogP contribution in [0.3, 0.4) is 0 Å². The van der Waals surface area contributed by atoms with Crippen LogP contribution in [0.4, 0.5) is 5.69 Å². The van der Waals surface area contributed by atoms with Gasteiger partial charge in [0.25, 0.3) is 0 Å². The molecule has 0 amide bonds. The Bertz CT molecular complexity index is 804. The fourth-order valence-electron chi connectivity index (χ4n) is 5.84. The molecule has 0 bridgehead atoms. The molecule has 35 heavy (non-hydrogen) atoms. The highest BCUT2D eigenvalue weighted by molar-refractivity contribution is 5.85. The lowest BCUT2D eigenvalue weighted by molar-refractivity contribution is 0.0776. The summed E-state index contributed by atoms with van der Waals surface area (Å²) in [5.41, 5.74) is 6.36. The summed E-state index contributed by atoms with van der Waals surface area (Å²) in [5.74, 6) is 0.796. The van der Waals surface area contributed by atoms with Gasteiger partial charge in [-0.3, -0.25) is 4.90 Å². The van der Waals surface area contributed by atoms with E-state index in [4.69, 9.17) is 4.74 Å². The molecule has 2 fully saturated rings. The summed E-state index contributed by atoms with van der Waals surface area (Å²) < 4.78 is 5.54. The maximum absolute atomic E-state index is 5.54. The Morgan fingerprint density at radius 3 is 2.40 bits per heavy atom. The van der Waals surface area contributed by atoms with E-state index in [-0.39, 0.29) is 12.4 Å². The van der Waals surface area contributed by atoms with Crippen LogP contribution in [0.25, 0.3) is 5.57 Å². The second kappa shape index (κ2) is 13.5. The quantitative estimate of drug-likeness (QED) is 0.436. The molecular formula is C30H50ClN3O. The fourth-order valence-corrected chi connectivity index (χ4v) is 5.84. The van der Waals surface area contributed by atoms with Gasteiger partial charge in [0.15, 0.2) is 0 Å². The van der Waals surface area contributed by atoms with Crippen molar-refractivity contribution >= 4 is 23.7 Å². The highest BCUT2D eigenvalue weighted by Gasteiger charge is 2.28. The van der Waals surface area contributed by atoms with Gasteiger partial charge < -0.3 is 15.0 Å². The molecule has 1 aliphatic carbocycles. The first-order chi connectivity index (χ1) is 16.4. The average Bonchev–Trinajstić information content (AvgIpc) is 2.86. The number of piperazine rings is 1. The number of hydrogen-bond acceptors (Lipinski definition) is 4. The highest BCUT2D eigenvalue weighted by Crippen LogP contribution is 2.42. The van der Waals surface area contributed by atoms with E-state index in [1.54, 1.807) is 5.57 Å². The van der Waals surface area contributed by atoms with E-state index in [2.05, 4.69) is 67.1 Å². The third kappa shape index (κ3) is 7.95. The first kappa shape index (κ1) is 28.5. The first-order valence-corrected chi connectivity index (χ1v) is 14.0. The van der Waals surface area contributed by atoms with Crippen molar-refractivity contribution in [3.05, 3.63) is 35.4 Å². The van der Waals surface area contributed by atoms with Crippen molar-refractivity contribution in [3.63, 3.8) is 0 Å². The lowest BCUT2D eigenvalue weighted by Crippen LogP contribution is -2.47. The largest absolute Gasteiger partial charge is 0.381 e. The van der Waals surface area contributed by atoms with Gasteiger partial charge in [-0.25, -0.2) is 0 Å². The molecule has 4 nitrogen and oxygen atoms in total. The van der Waals surface area contributed by atoms with Crippen molar-refractivity contribution in [2.45, 2.75) is 85.2 Å². The Balaban J connectivity index is 0.00000342. The minimum atomic E-state index is 0. The van der Waals surface area contributed by atoms with E-state index in [0.29, 0.717) is 11.5 Å².